The van der Waals surface area contributed by atoms with Crippen LogP contribution in [0.2, 0.25) is 6.04 Å². The van der Waals surface area contributed by atoms with E-state index in [0.717, 1.165) is 57.1 Å². The maximum absolute atomic E-state index is 13.0. The zero-order valence-electron chi connectivity index (χ0n) is 14.5. The molecule has 2 nitrogen and oxygen atoms in total. The minimum absolute atomic E-state index is 0.347. The Morgan fingerprint density at radius 2 is 1.58 bits per heavy atom. The molecule has 0 spiro atoms. The van der Waals surface area contributed by atoms with E-state index in [1.807, 2.05) is 0 Å². The van der Waals surface area contributed by atoms with E-state index in [0.29, 0.717) is 18.2 Å². The van der Waals surface area contributed by atoms with Crippen LogP contribution in [0, 0.1) is 11.6 Å². The summed E-state index contributed by atoms with van der Waals surface area (Å²) in [5.74, 6) is -2.36. The van der Waals surface area contributed by atoms with Crippen LogP contribution in [0.15, 0.2) is 24.3 Å². The summed E-state index contributed by atoms with van der Waals surface area (Å²) in [6.45, 7) is 0.347. The third kappa shape index (κ3) is 11.9. The first-order chi connectivity index (χ1) is 12.3. The lowest BCUT2D eigenvalue weighted by atomic mass is 10.1. The maximum atomic E-state index is 13.0. The molecule has 0 unspecified atom stereocenters. The summed E-state index contributed by atoms with van der Waals surface area (Å²) in [5, 5.41) is 0. The molecule has 0 fully saturated rings. The van der Waals surface area contributed by atoms with Crippen molar-refractivity contribution >= 4 is 51.3 Å². The van der Waals surface area contributed by atoms with Gasteiger partial charge in [-0.1, -0.05) is 44.6 Å². The molecule has 26 heavy (non-hydrogen) atoms. The van der Waals surface area contributed by atoms with Gasteiger partial charge in [0.2, 0.25) is 0 Å². The fourth-order valence-corrected chi connectivity index (χ4v) is 4.17. The smallest absolute Gasteiger partial charge is 0.341 e. The van der Waals surface area contributed by atoms with Crippen molar-refractivity contribution in [3.63, 3.8) is 0 Å². The van der Waals surface area contributed by atoms with Gasteiger partial charge in [-0.2, -0.15) is 0 Å². The quantitative estimate of drug-likeness (QED) is 0.115. The second kappa shape index (κ2) is 12.7. The molecule has 0 N–H and O–H groups in total. The van der Waals surface area contributed by atoms with Crippen LogP contribution < -0.4 is 0 Å². The number of rotatable bonds is 12. The van der Waals surface area contributed by atoms with Crippen molar-refractivity contribution in [3.05, 3.63) is 41.5 Å². The number of unbranched alkanes of at least 4 members (excludes halogenated alkanes) is 6. The molecule has 8 heteroatoms. The fraction of sp³-hybridized carbons (Fsp3) is 0.500. The maximum Gasteiger partial charge on any atom is 0.341 e. The molecule has 0 saturated heterocycles. The number of esters is 1. The zero-order chi connectivity index (χ0) is 19.4. The molecule has 0 aromatic heterocycles. The molecular formula is C18H23Cl3F2O2Si. The van der Waals surface area contributed by atoms with Crippen molar-refractivity contribution in [1.29, 1.82) is 0 Å². The van der Waals surface area contributed by atoms with Crippen LogP contribution in [-0.2, 0) is 9.53 Å². The van der Waals surface area contributed by atoms with E-state index >= 15 is 0 Å². The molecule has 0 aliphatic heterocycles. The van der Waals surface area contributed by atoms with Gasteiger partial charge in [-0.3, -0.25) is 0 Å². The lowest BCUT2D eigenvalue weighted by Crippen LogP contribution is -2.07. The van der Waals surface area contributed by atoms with Crippen LogP contribution >= 0.6 is 33.2 Å². The molecule has 0 aliphatic carbocycles. The van der Waals surface area contributed by atoms with Crippen LogP contribution in [0.5, 0.6) is 0 Å². The third-order valence-corrected chi connectivity index (χ3v) is 6.33. The standard InChI is InChI=1S/C18H23Cl3F2O2Si/c19-26(20,21)13-7-5-3-1-2-4-6-12-25-18(24)11-9-15-8-10-16(22)17(23)14-15/h8-11,14H,1-7,12-13H2/b11-9+. The summed E-state index contributed by atoms with van der Waals surface area (Å²) in [4.78, 5) is 11.6. The highest BCUT2D eigenvalue weighted by atomic mass is 35.8. The number of carbonyl (C=O) groups excluding carboxylic acids is 1. The second-order valence-corrected chi connectivity index (χ2v) is 15.3. The summed E-state index contributed by atoms with van der Waals surface area (Å²) in [5.41, 5.74) is 0.401. The third-order valence-electron chi connectivity index (χ3n) is 3.70. The van der Waals surface area contributed by atoms with E-state index in [9.17, 15) is 13.6 Å². The van der Waals surface area contributed by atoms with E-state index in [2.05, 4.69) is 0 Å². The number of halogens is 5. The van der Waals surface area contributed by atoms with Gasteiger partial charge in [0.25, 0.3) is 0 Å². The molecule has 0 bridgehead atoms. The summed E-state index contributed by atoms with van der Waals surface area (Å²) in [7, 11) is 0. The highest BCUT2D eigenvalue weighted by Gasteiger charge is 2.23. The Labute approximate surface area is 168 Å². The van der Waals surface area contributed by atoms with Crippen LogP contribution in [0.3, 0.4) is 0 Å². The van der Waals surface area contributed by atoms with Crippen molar-refractivity contribution in [2.45, 2.75) is 51.0 Å². The predicted octanol–water partition coefficient (Wildman–Crippen LogP) is 6.91. The largest absolute Gasteiger partial charge is 0.463 e. The lowest BCUT2D eigenvalue weighted by Gasteiger charge is -2.07. The van der Waals surface area contributed by atoms with Crippen LogP contribution in [0.1, 0.15) is 50.5 Å². The van der Waals surface area contributed by atoms with Crippen LogP contribution in [-0.4, -0.2) is 18.6 Å². The van der Waals surface area contributed by atoms with Gasteiger partial charge in [-0.05, 0) is 36.2 Å². The first-order valence-electron chi connectivity index (χ1n) is 8.64. The van der Waals surface area contributed by atoms with Gasteiger partial charge in [-0.15, -0.1) is 33.2 Å². The van der Waals surface area contributed by atoms with Crippen molar-refractivity contribution in [2.24, 2.45) is 0 Å². The van der Waals surface area contributed by atoms with Gasteiger partial charge in [-0.25, -0.2) is 13.6 Å². The topological polar surface area (TPSA) is 26.3 Å². The summed E-state index contributed by atoms with van der Waals surface area (Å²) in [6.07, 6.45) is 9.73. The Morgan fingerprint density at radius 3 is 2.19 bits per heavy atom. The normalized spacial score (nSPS) is 11.9. The van der Waals surface area contributed by atoms with Crippen LogP contribution in [0.4, 0.5) is 8.78 Å². The summed E-state index contributed by atoms with van der Waals surface area (Å²) < 4.78 is 30.9. The van der Waals surface area contributed by atoms with Gasteiger partial charge in [0.05, 0.1) is 6.61 Å². The first-order valence-corrected chi connectivity index (χ1v) is 13.9. The molecule has 0 heterocycles. The summed E-state index contributed by atoms with van der Waals surface area (Å²) >= 11 is 17.5. The van der Waals surface area contributed by atoms with Gasteiger partial charge in [0.15, 0.2) is 11.6 Å². The van der Waals surface area contributed by atoms with Gasteiger partial charge < -0.3 is 4.74 Å². The van der Waals surface area contributed by atoms with Crippen LogP contribution in [0.25, 0.3) is 6.08 Å². The second-order valence-electron chi connectivity index (χ2n) is 6.01. The van der Waals surface area contributed by atoms with E-state index in [-0.39, 0.29) is 0 Å². The van der Waals surface area contributed by atoms with Crippen molar-refractivity contribution in [3.8, 4) is 0 Å². The SMILES string of the molecule is O=C(/C=C/c1ccc(F)c(F)c1)OCCCCCCCCC[Si](Cl)(Cl)Cl. The first kappa shape index (κ1) is 23.4. The number of carbonyl (C=O) groups is 1. The average molecular weight is 444 g/mol. The Bertz CT molecular complexity index is 592. The number of ether oxygens (including phenoxy) is 1. The van der Waals surface area contributed by atoms with E-state index in [1.54, 1.807) is 0 Å². The van der Waals surface area contributed by atoms with Crippen molar-refractivity contribution in [1.82, 2.24) is 0 Å². The fourth-order valence-electron chi connectivity index (χ4n) is 2.31. The van der Waals surface area contributed by atoms with Gasteiger partial charge in [0.1, 0.15) is 0 Å². The molecule has 0 atom stereocenters. The molecule has 1 aromatic rings. The Kier molecular flexibility index (Phi) is 11.4. The minimum Gasteiger partial charge on any atom is -0.463 e. The lowest BCUT2D eigenvalue weighted by molar-refractivity contribution is -0.137. The molecule has 1 aromatic carbocycles. The number of benzene rings is 1. The molecule has 146 valence electrons. The highest BCUT2D eigenvalue weighted by Crippen LogP contribution is 2.27. The number of hydrogen-bond donors (Lipinski definition) is 0. The molecule has 0 amide bonds. The average Bonchev–Trinajstić information content (AvgIpc) is 2.56. The summed E-state index contributed by atoms with van der Waals surface area (Å²) in [6, 6.07) is 1.68. The van der Waals surface area contributed by atoms with E-state index < -0.39 is 23.6 Å². The highest BCUT2D eigenvalue weighted by molar-refractivity contribution is 7.64. The van der Waals surface area contributed by atoms with E-state index in [1.165, 1.54) is 18.2 Å². The van der Waals surface area contributed by atoms with Crippen molar-refractivity contribution < 1.29 is 18.3 Å². The monoisotopic (exact) mass is 442 g/mol. The molecule has 0 aliphatic rings. The van der Waals surface area contributed by atoms with E-state index in [4.69, 9.17) is 38.0 Å². The molecule has 0 radical (unpaired) electrons. The Balaban J connectivity index is 2.03. The predicted molar refractivity (Wildman–Crippen MR) is 107 cm³/mol. The van der Waals surface area contributed by atoms with Crippen molar-refractivity contribution in [2.75, 3.05) is 6.61 Å². The van der Waals surface area contributed by atoms with Gasteiger partial charge >= 0.3 is 12.0 Å². The number of hydrogen-bond acceptors (Lipinski definition) is 2. The Hall–Kier alpha value is -0.623. The molecule has 0 saturated carbocycles. The Morgan fingerprint density at radius 1 is 0.962 bits per heavy atom. The molecule has 1 rings (SSSR count). The zero-order valence-corrected chi connectivity index (χ0v) is 17.7. The minimum atomic E-state index is -2.46. The van der Waals surface area contributed by atoms with Gasteiger partial charge in [0, 0.05) is 6.08 Å². The molecular weight excluding hydrogens is 421 g/mol.